The number of ether oxygens (including phenoxy) is 2. The minimum Gasteiger partial charge on any atom is -0.382 e. The molecule has 1 aromatic heterocycles. The molecule has 1 heterocycles. The van der Waals surface area contributed by atoms with Crippen molar-refractivity contribution in [2.45, 2.75) is 12.8 Å². The molecule has 4 nitrogen and oxygen atoms in total. The Labute approximate surface area is 97.0 Å². The summed E-state index contributed by atoms with van der Waals surface area (Å²) >= 11 is 0. The first-order valence-corrected chi connectivity index (χ1v) is 5.65. The number of nitrogens with zero attached hydrogens (tertiary/aromatic N) is 1. The number of hydrogen-bond donors (Lipinski definition) is 1. The average molecular weight is 224 g/mol. The fraction of sp³-hybridized carbons (Fsp3) is 0.583. The number of unbranched alkanes of at least 4 members (excludes halogenated alkanes) is 1. The SMILES string of the molecule is COCCOCCCCNc1ccccn1. The average Bonchev–Trinajstić information content (AvgIpc) is 2.34. The molecule has 1 rings (SSSR count). The Morgan fingerprint density at radius 3 is 2.88 bits per heavy atom. The van der Waals surface area contributed by atoms with E-state index in [0.29, 0.717) is 13.2 Å². The second kappa shape index (κ2) is 9.12. The maximum Gasteiger partial charge on any atom is 0.125 e. The summed E-state index contributed by atoms with van der Waals surface area (Å²) in [6.45, 7) is 3.09. The van der Waals surface area contributed by atoms with E-state index in [1.807, 2.05) is 18.2 Å². The molecule has 0 bridgehead atoms. The van der Waals surface area contributed by atoms with Gasteiger partial charge in [0.15, 0.2) is 0 Å². The van der Waals surface area contributed by atoms with Crippen LogP contribution < -0.4 is 5.32 Å². The van der Waals surface area contributed by atoms with E-state index < -0.39 is 0 Å². The minimum atomic E-state index is 0.673. The molecule has 1 aromatic rings. The van der Waals surface area contributed by atoms with Crippen LogP contribution in [0.4, 0.5) is 5.82 Å². The second-order valence-corrected chi connectivity index (χ2v) is 3.45. The third-order valence-corrected chi connectivity index (χ3v) is 2.12. The highest BCUT2D eigenvalue weighted by Gasteiger charge is 1.92. The molecule has 4 heteroatoms. The zero-order valence-corrected chi connectivity index (χ0v) is 9.82. The van der Waals surface area contributed by atoms with E-state index in [-0.39, 0.29) is 0 Å². The Morgan fingerprint density at radius 1 is 1.19 bits per heavy atom. The van der Waals surface area contributed by atoms with Gasteiger partial charge in [-0.2, -0.15) is 0 Å². The molecular formula is C12H20N2O2. The van der Waals surface area contributed by atoms with Crippen LogP contribution in [0.5, 0.6) is 0 Å². The van der Waals surface area contributed by atoms with Crippen LogP contribution in [0.1, 0.15) is 12.8 Å². The summed E-state index contributed by atoms with van der Waals surface area (Å²) in [6.07, 6.45) is 3.93. The van der Waals surface area contributed by atoms with Crippen LogP contribution in [-0.4, -0.2) is 38.5 Å². The van der Waals surface area contributed by atoms with Crippen LogP contribution in [0, 0.1) is 0 Å². The lowest BCUT2D eigenvalue weighted by atomic mass is 10.3. The number of rotatable bonds is 9. The van der Waals surface area contributed by atoms with E-state index >= 15 is 0 Å². The maximum absolute atomic E-state index is 5.36. The van der Waals surface area contributed by atoms with E-state index in [4.69, 9.17) is 9.47 Å². The van der Waals surface area contributed by atoms with Gasteiger partial charge >= 0.3 is 0 Å². The summed E-state index contributed by atoms with van der Waals surface area (Å²) in [5.41, 5.74) is 0. The fourth-order valence-corrected chi connectivity index (χ4v) is 1.26. The molecule has 0 spiro atoms. The molecule has 0 amide bonds. The van der Waals surface area contributed by atoms with Crippen molar-refractivity contribution >= 4 is 5.82 Å². The Kier molecular flexibility index (Phi) is 7.38. The van der Waals surface area contributed by atoms with Gasteiger partial charge in [0.2, 0.25) is 0 Å². The lowest BCUT2D eigenvalue weighted by Crippen LogP contribution is -2.06. The third kappa shape index (κ3) is 6.37. The highest BCUT2D eigenvalue weighted by molar-refractivity contribution is 5.32. The second-order valence-electron chi connectivity index (χ2n) is 3.45. The lowest BCUT2D eigenvalue weighted by Gasteiger charge is -2.05. The smallest absolute Gasteiger partial charge is 0.125 e. The van der Waals surface area contributed by atoms with Crippen molar-refractivity contribution in [3.8, 4) is 0 Å². The maximum atomic E-state index is 5.36. The van der Waals surface area contributed by atoms with Crippen LogP contribution in [0.3, 0.4) is 0 Å². The third-order valence-electron chi connectivity index (χ3n) is 2.12. The van der Waals surface area contributed by atoms with Crippen molar-refractivity contribution in [3.63, 3.8) is 0 Å². The summed E-state index contributed by atoms with van der Waals surface area (Å²) in [6, 6.07) is 5.85. The molecule has 0 saturated heterocycles. The number of aromatic nitrogens is 1. The Hall–Kier alpha value is -1.13. The molecule has 1 N–H and O–H groups in total. The largest absolute Gasteiger partial charge is 0.382 e. The van der Waals surface area contributed by atoms with Gasteiger partial charge in [0, 0.05) is 26.5 Å². The molecule has 0 aliphatic rings. The summed E-state index contributed by atoms with van der Waals surface area (Å²) in [4.78, 5) is 4.18. The van der Waals surface area contributed by atoms with E-state index in [1.54, 1.807) is 13.3 Å². The first kappa shape index (κ1) is 12.9. The molecule has 0 aliphatic heterocycles. The highest BCUT2D eigenvalue weighted by atomic mass is 16.5. The Morgan fingerprint density at radius 2 is 2.12 bits per heavy atom. The molecule has 0 aliphatic carbocycles. The van der Waals surface area contributed by atoms with Crippen LogP contribution in [-0.2, 0) is 9.47 Å². The molecule has 0 fully saturated rings. The van der Waals surface area contributed by atoms with Gasteiger partial charge in [-0.05, 0) is 25.0 Å². The Balaban J connectivity index is 1.89. The van der Waals surface area contributed by atoms with Crippen molar-refractivity contribution in [2.24, 2.45) is 0 Å². The standard InChI is InChI=1S/C12H20N2O2/c1-15-10-11-16-9-5-4-8-14-12-6-2-3-7-13-12/h2-3,6-7H,4-5,8-11H2,1H3,(H,13,14). The first-order valence-electron chi connectivity index (χ1n) is 5.65. The normalized spacial score (nSPS) is 10.3. The van der Waals surface area contributed by atoms with Crippen LogP contribution in [0.25, 0.3) is 0 Å². The van der Waals surface area contributed by atoms with Gasteiger partial charge in [-0.25, -0.2) is 4.98 Å². The number of anilines is 1. The van der Waals surface area contributed by atoms with Crippen molar-refractivity contribution < 1.29 is 9.47 Å². The van der Waals surface area contributed by atoms with Gasteiger partial charge in [0.25, 0.3) is 0 Å². The predicted molar refractivity (Wildman–Crippen MR) is 64.7 cm³/mol. The van der Waals surface area contributed by atoms with Gasteiger partial charge in [0.05, 0.1) is 13.2 Å². The number of methoxy groups -OCH3 is 1. The molecule has 0 aromatic carbocycles. The Bertz CT molecular complexity index is 254. The van der Waals surface area contributed by atoms with Crippen molar-refractivity contribution in [1.29, 1.82) is 0 Å². The van der Waals surface area contributed by atoms with Gasteiger partial charge in [-0.3, -0.25) is 0 Å². The quantitative estimate of drug-likeness (QED) is 0.651. The van der Waals surface area contributed by atoms with E-state index in [9.17, 15) is 0 Å². The van der Waals surface area contributed by atoms with Crippen molar-refractivity contribution in [3.05, 3.63) is 24.4 Å². The summed E-state index contributed by atoms with van der Waals surface area (Å²) < 4.78 is 10.2. The lowest BCUT2D eigenvalue weighted by molar-refractivity contribution is 0.0691. The van der Waals surface area contributed by atoms with Crippen molar-refractivity contribution in [1.82, 2.24) is 4.98 Å². The van der Waals surface area contributed by atoms with Crippen LogP contribution in [0.15, 0.2) is 24.4 Å². The van der Waals surface area contributed by atoms with E-state index in [1.165, 1.54) is 0 Å². The minimum absolute atomic E-state index is 0.673. The zero-order valence-electron chi connectivity index (χ0n) is 9.82. The molecule has 0 unspecified atom stereocenters. The van der Waals surface area contributed by atoms with Gasteiger partial charge in [-0.15, -0.1) is 0 Å². The zero-order chi connectivity index (χ0) is 11.5. The molecule has 0 saturated carbocycles. The molecule has 90 valence electrons. The van der Waals surface area contributed by atoms with Gasteiger partial charge in [0.1, 0.15) is 5.82 Å². The van der Waals surface area contributed by atoms with Gasteiger partial charge in [-0.1, -0.05) is 6.07 Å². The number of nitrogens with one attached hydrogen (secondary N) is 1. The topological polar surface area (TPSA) is 43.4 Å². The van der Waals surface area contributed by atoms with E-state index in [2.05, 4.69) is 10.3 Å². The van der Waals surface area contributed by atoms with Crippen molar-refractivity contribution in [2.75, 3.05) is 38.8 Å². The number of hydrogen-bond acceptors (Lipinski definition) is 4. The van der Waals surface area contributed by atoms with Crippen LogP contribution >= 0.6 is 0 Å². The highest BCUT2D eigenvalue weighted by Crippen LogP contribution is 2.00. The molecule has 16 heavy (non-hydrogen) atoms. The van der Waals surface area contributed by atoms with Gasteiger partial charge < -0.3 is 14.8 Å². The number of pyridine rings is 1. The first-order chi connectivity index (χ1) is 7.93. The fourth-order valence-electron chi connectivity index (χ4n) is 1.26. The van der Waals surface area contributed by atoms with Crippen LogP contribution in [0.2, 0.25) is 0 Å². The van der Waals surface area contributed by atoms with E-state index in [0.717, 1.165) is 31.8 Å². The molecular weight excluding hydrogens is 204 g/mol. The summed E-state index contributed by atoms with van der Waals surface area (Å²) in [5.74, 6) is 0.933. The summed E-state index contributed by atoms with van der Waals surface area (Å²) in [7, 11) is 1.68. The summed E-state index contributed by atoms with van der Waals surface area (Å²) in [5, 5.41) is 3.26. The predicted octanol–water partition coefficient (Wildman–Crippen LogP) is 1.94. The monoisotopic (exact) mass is 224 g/mol. The molecule has 0 atom stereocenters. The molecule has 0 radical (unpaired) electrons.